The monoisotopic (exact) mass is 404 g/mol. The van der Waals surface area contributed by atoms with Crippen LogP contribution in [0.1, 0.15) is 36.4 Å². The number of nitrogens with zero attached hydrogens (tertiary/aromatic N) is 2. The SMILES string of the molecule is CC(C)CCN1CCN(C(=O)c2occc2CS(=O)(=O)c2ccccc2)CC1. The molecular weight excluding hydrogens is 376 g/mol. The summed E-state index contributed by atoms with van der Waals surface area (Å²) in [6, 6.07) is 9.85. The summed E-state index contributed by atoms with van der Waals surface area (Å²) in [5.41, 5.74) is 0.413. The van der Waals surface area contributed by atoms with Gasteiger partial charge in [0.1, 0.15) is 0 Å². The van der Waals surface area contributed by atoms with E-state index in [1.807, 2.05) is 0 Å². The summed E-state index contributed by atoms with van der Waals surface area (Å²) in [7, 11) is -3.53. The molecule has 1 aliphatic heterocycles. The predicted molar refractivity (Wildman–Crippen MR) is 108 cm³/mol. The van der Waals surface area contributed by atoms with Crippen LogP contribution >= 0.6 is 0 Å². The van der Waals surface area contributed by atoms with Crippen molar-refractivity contribution in [3.63, 3.8) is 0 Å². The van der Waals surface area contributed by atoms with Crippen LogP contribution in [-0.2, 0) is 15.6 Å². The van der Waals surface area contributed by atoms with Crippen molar-refractivity contribution in [3.8, 4) is 0 Å². The molecule has 0 aliphatic carbocycles. The van der Waals surface area contributed by atoms with E-state index in [0.717, 1.165) is 26.1 Å². The van der Waals surface area contributed by atoms with Crippen LogP contribution in [0.15, 0.2) is 52.0 Å². The van der Waals surface area contributed by atoms with Gasteiger partial charge in [-0.25, -0.2) is 8.42 Å². The third kappa shape index (κ3) is 5.02. The molecular formula is C21H28N2O4S. The van der Waals surface area contributed by atoms with Gasteiger partial charge in [0.2, 0.25) is 0 Å². The second kappa shape index (κ2) is 8.92. The maximum absolute atomic E-state index is 12.9. The number of amides is 1. The number of piperazine rings is 1. The molecule has 0 N–H and O–H groups in total. The summed E-state index contributed by atoms with van der Waals surface area (Å²) < 4.78 is 30.7. The lowest BCUT2D eigenvalue weighted by Gasteiger charge is -2.34. The Morgan fingerprint density at radius 2 is 1.75 bits per heavy atom. The van der Waals surface area contributed by atoms with E-state index in [2.05, 4.69) is 18.7 Å². The van der Waals surface area contributed by atoms with Gasteiger partial charge in [-0.2, -0.15) is 0 Å². The van der Waals surface area contributed by atoms with Crippen LogP contribution in [0, 0.1) is 5.92 Å². The second-order valence-electron chi connectivity index (χ2n) is 7.66. The maximum atomic E-state index is 12.9. The van der Waals surface area contributed by atoms with Crippen molar-refractivity contribution in [1.82, 2.24) is 9.80 Å². The van der Waals surface area contributed by atoms with Crippen molar-refractivity contribution < 1.29 is 17.6 Å². The zero-order valence-corrected chi connectivity index (χ0v) is 17.3. The number of furan rings is 1. The molecule has 0 saturated carbocycles. The predicted octanol–water partition coefficient (Wildman–Crippen LogP) is 3.06. The third-order valence-corrected chi connectivity index (χ3v) is 6.75. The fraction of sp³-hybridized carbons (Fsp3) is 0.476. The van der Waals surface area contributed by atoms with E-state index < -0.39 is 9.84 Å². The van der Waals surface area contributed by atoms with Gasteiger partial charge in [0.25, 0.3) is 5.91 Å². The van der Waals surface area contributed by atoms with E-state index in [1.54, 1.807) is 41.3 Å². The molecule has 28 heavy (non-hydrogen) atoms. The number of benzene rings is 1. The molecule has 0 bridgehead atoms. The summed E-state index contributed by atoms with van der Waals surface area (Å²) in [6.07, 6.45) is 2.54. The molecule has 3 rings (SSSR count). The van der Waals surface area contributed by atoms with Crippen molar-refractivity contribution in [2.45, 2.75) is 30.9 Å². The Bertz CT molecular complexity index is 882. The minimum atomic E-state index is -3.53. The molecule has 0 spiro atoms. The Balaban J connectivity index is 1.65. The van der Waals surface area contributed by atoms with Gasteiger partial charge in [0, 0.05) is 31.7 Å². The average molecular weight is 405 g/mol. The summed E-state index contributed by atoms with van der Waals surface area (Å²) in [6.45, 7) is 8.38. The van der Waals surface area contributed by atoms with Crippen molar-refractivity contribution in [2.24, 2.45) is 5.92 Å². The maximum Gasteiger partial charge on any atom is 0.289 e. The smallest absolute Gasteiger partial charge is 0.289 e. The van der Waals surface area contributed by atoms with Gasteiger partial charge in [0.05, 0.1) is 16.9 Å². The molecule has 1 aliphatic rings. The number of rotatable bonds is 7. The Kier molecular flexibility index (Phi) is 6.57. The van der Waals surface area contributed by atoms with E-state index in [9.17, 15) is 13.2 Å². The summed E-state index contributed by atoms with van der Waals surface area (Å²) >= 11 is 0. The van der Waals surface area contributed by atoms with Gasteiger partial charge in [0.15, 0.2) is 15.6 Å². The summed E-state index contributed by atoms with van der Waals surface area (Å²) in [4.78, 5) is 17.3. The van der Waals surface area contributed by atoms with Crippen LogP contribution in [0.25, 0.3) is 0 Å². The first-order valence-electron chi connectivity index (χ1n) is 9.72. The molecule has 0 unspecified atom stereocenters. The molecule has 152 valence electrons. The summed E-state index contributed by atoms with van der Waals surface area (Å²) in [5, 5.41) is 0. The van der Waals surface area contributed by atoms with Crippen LogP contribution < -0.4 is 0 Å². The minimum Gasteiger partial charge on any atom is -0.459 e. The van der Waals surface area contributed by atoms with Gasteiger partial charge < -0.3 is 9.32 Å². The van der Waals surface area contributed by atoms with Crippen LogP contribution in [0.5, 0.6) is 0 Å². The summed E-state index contributed by atoms with van der Waals surface area (Å²) in [5.74, 6) is 0.321. The van der Waals surface area contributed by atoms with E-state index in [-0.39, 0.29) is 22.3 Å². The number of carbonyl (C=O) groups is 1. The highest BCUT2D eigenvalue weighted by molar-refractivity contribution is 7.90. The number of hydrogen-bond donors (Lipinski definition) is 0. The fourth-order valence-electron chi connectivity index (χ4n) is 3.31. The van der Waals surface area contributed by atoms with Gasteiger partial charge >= 0.3 is 0 Å². The van der Waals surface area contributed by atoms with Crippen LogP contribution in [0.4, 0.5) is 0 Å². The van der Waals surface area contributed by atoms with E-state index >= 15 is 0 Å². The van der Waals surface area contributed by atoms with Gasteiger partial charge in [-0.05, 0) is 37.1 Å². The van der Waals surface area contributed by atoms with E-state index in [4.69, 9.17) is 4.42 Å². The molecule has 0 atom stereocenters. The van der Waals surface area contributed by atoms with E-state index in [0.29, 0.717) is 24.6 Å². The van der Waals surface area contributed by atoms with Crippen molar-refractivity contribution >= 4 is 15.7 Å². The highest BCUT2D eigenvalue weighted by atomic mass is 32.2. The topological polar surface area (TPSA) is 70.8 Å². The van der Waals surface area contributed by atoms with Crippen LogP contribution in [0.2, 0.25) is 0 Å². The molecule has 1 fully saturated rings. The highest BCUT2D eigenvalue weighted by Crippen LogP contribution is 2.21. The van der Waals surface area contributed by atoms with Crippen molar-refractivity contribution in [1.29, 1.82) is 0 Å². The lowest BCUT2D eigenvalue weighted by molar-refractivity contribution is 0.0600. The Morgan fingerprint density at radius 3 is 2.39 bits per heavy atom. The van der Waals surface area contributed by atoms with E-state index in [1.165, 1.54) is 6.26 Å². The molecule has 1 amide bonds. The first-order valence-corrected chi connectivity index (χ1v) is 11.4. The van der Waals surface area contributed by atoms with Gasteiger partial charge in [-0.15, -0.1) is 0 Å². The quantitative estimate of drug-likeness (QED) is 0.709. The number of hydrogen-bond acceptors (Lipinski definition) is 5. The normalized spacial score (nSPS) is 15.9. The zero-order valence-electron chi connectivity index (χ0n) is 16.5. The Labute approximate surface area is 167 Å². The lowest BCUT2D eigenvalue weighted by Crippen LogP contribution is -2.49. The average Bonchev–Trinajstić information content (AvgIpc) is 3.14. The number of carbonyl (C=O) groups excluding carboxylic acids is 1. The van der Waals surface area contributed by atoms with Crippen LogP contribution in [-0.4, -0.2) is 56.8 Å². The minimum absolute atomic E-state index is 0.134. The molecule has 1 aromatic carbocycles. The molecule has 0 radical (unpaired) electrons. The van der Waals surface area contributed by atoms with Gasteiger partial charge in [-0.1, -0.05) is 32.0 Å². The fourth-order valence-corrected chi connectivity index (χ4v) is 4.69. The molecule has 6 nitrogen and oxygen atoms in total. The van der Waals surface area contributed by atoms with Crippen LogP contribution in [0.3, 0.4) is 0 Å². The first-order chi connectivity index (χ1) is 13.4. The van der Waals surface area contributed by atoms with Crippen molar-refractivity contribution in [2.75, 3.05) is 32.7 Å². The number of sulfone groups is 1. The molecule has 1 saturated heterocycles. The second-order valence-corrected chi connectivity index (χ2v) is 9.65. The molecule has 2 heterocycles. The largest absolute Gasteiger partial charge is 0.459 e. The highest BCUT2D eigenvalue weighted by Gasteiger charge is 2.28. The third-order valence-electron chi connectivity index (χ3n) is 5.07. The molecule has 2 aromatic rings. The van der Waals surface area contributed by atoms with Gasteiger partial charge in [-0.3, -0.25) is 9.69 Å². The zero-order chi connectivity index (χ0) is 20.1. The lowest BCUT2D eigenvalue weighted by atomic mass is 10.1. The molecule has 7 heteroatoms. The Morgan fingerprint density at radius 1 is 1.07 bits per heavy atom. The standard InChI is InChI=1S/C21H28N2O4S/c1-17(2)8-10-22-11-13-23(14-12-22)21(24)20-18(9-15-27-20)16-28(25,26)19-6-4-3-5-7-19/h3-7,9,15,17H,8,10-14,16H2,1-2H3. The molecule has 1 aromatic heterocycles. The van der Waals surface area contributed by atoms with Crippen molar-refractivity contribution in [3.05, 3.63) is 54.0 Å². The first kappa shape index (κ1) is 20.6. The Hall–Kier alpha value is -2.12.